The Morgan fingerprint density at radius 1 is 1.21 bits per heavy atom. The van der Waals surface area contributed by atoms with Crippen molar-refractivity contribution in [3.63, 3.8) is 0 Å². The van der Waals surface area contributed by atoms with E-state index in [1.54, 1.807) is 0 Å². The van der Waals surface area contributed by atoms with E-state index in [9.17, 15) is 0 Å². The number of nitrogens with one attached hydrogen (secondary N) is 1. The van der Waals surface area contributed by atoms with Gasteiger partial charge in [0.15, 0.2) is 0 Å². The maximum atomic E-state index is 3.53. The molecule has 14 heavy (non-hydrogen) atoms. The zero-order valence-corrected chi connectivity index (χ0v) is 9.29. The van der Waals surface area contributed by atoms with Gasteiger partial charge in [-0.25, -0.2) is 0 Å². The van der Waals surface area contributed by atoms with Crippen LogP contribution < -0.4 is 5.32 Å². The fourth-order valence-electron chi connectivity index (χ4n) is 1.64. The minimum Gasteiger partial charge on any atom is -0.314 e. The minimum atomic E-state index is 0.656. The van der Waals surface area contributed by atoms with Crippen LogP contribution in [0.4, 0.5) is 0 Å². The smallest absolute Gasteiger partial charge is 0.00387 e. The van der Waals surface area contributed by atoms with Crippen LogP contribution in [-0.2, 0) is 6.42 Å². The molecule has 1 aromatic carbocycles. The highest BCUT2D eigenvalue weighted by atomic mass is 14.9. The molecule has 1 nitrogen and oxygen atoms in total. The van der Waals surface area contributed by atoms with Gasteiger partial charge in [0.05, 0.1) is 0 Å². The molecule has 0 saturated carbocycles. The quantitative estimate of drug-likeness (QED) is 0.729. The molecule has 0 fully saturated rings. The molecule has 0 bridgehead atoms. The lowest BCUT2D eigenvalue weighted by atomic mass is 10.1. The highest BCUT2D eigenvalue weighted by Gasteiger charge is 1.98. The van der Waals surface area contributed by atoms with E-state index in [1.807, 2.05) is 0 Å². The number of rotatable bonds is 6. The summed E-state index contributed by atoms with van der Waals surface area (Å²) in [5.41, 5.74) is 1.42. The number of hydrogen-bond acceptors (Lipinski definition) is 1. The molecule has 1 atom stereocenters. The first-order valence-corrected chi connectivity index (χ1v) is 5.60. The van der Waals surface area contributed by atoms with E-state index in [4.69, 9.17) is 0 Å². The summed E-state index contributed by atoms with van der Waals surface area (Å²) in [6.07, 6.45) is 3.67. The fraction of sp³-hybridized carbons (Fsp3) is 0.538. The van der Waals surface area contributed by atoms with E-state index in [0.29, 0.717) is 6.04 Å². The van der Waals surface area contributed by atoms with Crippen LogP contribution in [0, 0.1) is 0 Å². The lowest BCUT2D eigenvalue weighted by Crippen LogP contribution is -2.27. The maximum Gasteiger partial charge on any atom is 0.00387 e. The normalized spacial score (nSPS) is 12.7. The van der Waals surface area contributed by atoms with Crippen molar-refractivity contribution in [1.29, 1.82) is 0 Å². The van der Waals surface area contributed by atoms with Gasteiger partial charge in [0, 0.05) is 6.04 Å². The molecule has 0 radical (unpaired) electrons. The van der Waals surface area contributed by atoms with Crippen molar-refractivity contribution < 1.29 is 0 Å². The minimum absolute atomic E-state index is 0.656. The highest BCUT2D eigenvalue weighted by Crippen LogP contribution is 1.99. The molecule has 1 heteroatoms. The summed E-state index contributed by atoms with van der Waals surface area (Å²) in [6.45, 7) is 5.58. The molecule has 0 aliphatic heterocycles. The molecule has 78 valence electrons. The Kier molecular flexibility index (Phi) is 5.31. The van der Waals surface area contributed by atoms with Crippen LogP contribution in [0.3, 0.4) is 0 Å². The molecule has 0 amide bonds. The third kappa shape index (κ3) is 4.43. The molecule has 0 aromatic heterocycles. The molecule has 1 unspecified atom stereocenters. The lowest BCUT2D eigenvalue weighted by Gasteiger charge is -2.12. The van der Waals surface area contributed by atoms with Gasteiger partial charge in [-0.1, -0.05) is 43.7 Å². The summed E-state index contributed by atoms with van der Waals surface area (Å²) < 4.78 is 0. The predicted molar refractivity (Wildman–Crippen MR) is 62.5 cm³/mol. The zero-order chi connectivity index (χ0) is 10.2. The SMILES string of the molecule is CCCC(C)NCCc1ccccc1. The van der Waals surface area contributed by atoms with Gasteiger partial charge in [0.1, 0.15) is 0 Å². The van der Waals surface area contributed by atoms with Crippen LogP contribution in [0.5, 0.6) is 0 Å². The molecular formula is C13H21N. The highest BCUT2D eigenvalue weighted by molar-refractivity contribution is 5.14. The van der Waals surface area contributed by atoms with Crippen LogP contribution >= 0.6 is 0 Å². The Labute approximate surface area is 87.5 Å². The second-order valence-corrected chi connectivity index (χ2v) is 3.88. The number of benzene rings is 1. The molecule has 0 saturated heterocycles. The van der Waals surface area contributed by atoms with Crippen molar-refractivity contribution in [3.8, 4) is 0 Å². The van der Waals surface area contributed by atoms with Gasteiger partial charge < -0.3 is 5.32 Å². The molecule has 0 aliphatic carbocycles. The van der Waals surface area contributed by atoms with Crippen LogP contribution in [0.25, 0.3) is 0 Å². The summed E-state index contributed by atoms with van der Waals surface area (Å²) >= 11 is 0. The summed E-state index contributed by atoms with van der Waals surface area (Å²) in [5.74, 6) is 0. The van der Waals surface area contributed by atoms with E-state index in [0.717, 1.165) is 13.0 Å². The van der Waals surface area contributed by atoms with Crippen molar-refractivity contribution in [1.82, 2.24) is 5.32 Å². The van der Waals surface area contributed by atoms with Gasteiger partial charge in [-0.2, -0.15) is 0 Å². The van der Waals surface area contributed by atoms with E-state index >= 15 is 0 Å². The molecule has 0 spiro atoms. The Balaban J connectivity index is 2.16. The van der Waals surface area contributed by atoms with E-state index in [1.165, 1.54) is 18.4 Å². The molecular weight excluding hydrogens is 170 g/mol. The van der Waals surface area contributed by atoms with Gasteiger partial charge in [-0.15, -0.1) is 0 Å². The Bertz CT molecular complexity index is 230. The Morgan fingerprint density at radius 2 is 1.93 bits per heavy atom. The summed E-state index contributed by atoms with van der Waals surface area (Å²) in [6, 6.07) is 11.3. The van der Waals surface area contributed by atoms with Crippen molar-refractivity contribution in [2.24, 2.45) is 0 Å². The summed E-state index contributed by atoms with van der Waals surface area (Å²) in [4.78, 5) is 0. The van der Waals surface area contributed by atoms with Crippen LogP contribution in [0.1, 0.15) is 32.3 Å². The zero-order valence-electron chi connectivity index (χ0n) is 9.29. The standard InChI is InChI=1S/C13H21N/c1-3-7-12(2)14-11-10-13-8-5-4-6-9-13/h4-6,8-9,12,14H,3,7,10-11H2,1-2H3. The second-order valence-electron chi connectivity index (χ2n) is 3.88. The van der Waals surface area contributed by atoms with Gasteiger partial charge in [0.2, 0.25) is 0 Å². The average Bonchev–Trinajstić information content (AvgIpc) is 2.20. The molecule has 0 aliphatic rings. The van der Waals surface area contributed by atoms with Crippen LogP contribution in [0.2, 0.25) is 0 Å². The van der Waals surface area contributed by atoms with Crippen molar-refractivity contribution in [2.75, 3.05) is 6.54 Å². The average molecular weight is 191 g/mol. The first kappa shape index (κ1) is 11.3. The summed E-state index contributed by atoms with van der Waals surface area (Å²) in [5, 5.41) is 3.53. The van der Waals surface area contributed by atoms with Gasteiger partial charge >= 0.3 is 0 Å². The molecule has 0 heterocycles. The lowest BCUT2D eigenvalue weighted by molar-refractivity contribution is 0.512. The van der Waals surface area contributed by atoms with Crippen LogP contribution in [0.15, 0.2) is 30.3 Å². The topological polar surface area (TPSA) is 12.0 Å². The summed E-state index contributed by atoms with van der Waals surface area (Å²) in [7, 11) is 0. The molecule has 1 rings (SSSR count). The molecule has 1 N–H and O–H groups in total. The Morgan fingerprint density at radius 3 is 2.57 bits per heavy atom. The van der Waals surface area contributed by atoms with E-state index in [-0.39, 0.29) is 0 Å². The van der Waals surface area contributed by atoms with E-state index in [2.05, 4.69) is 49.5 Å². The van der Waals surface area contributed by atoms with Gasteiger partial charge in [0.25, 0.3) is 0 Å². The maximum absolute atomic E-state index is 3.53. The van der Waals surface area contributed by atoms with Crippen molar-refractivity contribution in [2.45, 2.75) is 39.2 Å². The fourth-order valence-corrected chi connectivity index (χ4v) is 1.64. The van der Waals surface area contributed by atoms with Crippen molar-refractivity contribution in [3.05, 3.63) is 35.9 Å². The number of hydrogen-bond donors (Lipinski definition) is 1. The monoisotopic (exact) mass is 191 g/mol. The van der Waals surface area contributed by atoms with Crippen molar-refractivity contribution >= 4 is 0 Å². The third-order valence-electron chi connectivity index (χ3n) is 2.47. The molecule has 1 aromatic rings. The van der Waals surface area contributed by atoms with Gasteiger partial charge in [-0.3, -0.25) is 0 Å². The first-order valence-electron chi connectivity index (χ1n) is 5.60. The van der Waals surface area contributed by atoms with Gasteiger partial charge in [-0.05, 0) is 31.9 Å². The second kappa shape index (κ2) is 6.61. The predicted octanol–water partition coefficient (Wildman–Crippen LogP) is 3.01. The first-order chi connectivity index (χ1) is 6.83. The third-order valence-corrected chi connectivity index (χ3v) is 2.47. The Hall–Kier alpha value is -0.820. The van der Waals surface area contributed by atoms with E-state index < -0.39 is 0 Å². The van der Waals surface area contributed by atoms with Crippen LogP contribution in [-0.4, -0.2) is 12.6 Å². The largest absolute Gasteiger partial charge is 0.314 e.